The van der Waals surface area contributed by atoms with E-state index in [4.69, 9.17) is 25.9 Å². The highest BCUT2D eigenvalue weighted by Gasteiger charge is 2.22. The maximum absolute atomic E-state index is 15.0. The van der Waals surface area contributed by atoms with Gasteiger partial charge in [-0.15, -0.1) is 0 Å². The Hall–Kier alpha value is -1.80. The normalized spacial score (nSPS) is 11.2. The van der Waals surface area contributed by atoms with Crippen LogP contribution in [0.2, 0.25) is 5.02 Å². The van der Waals surface area contributed by atoms with E-state index in [0.717, 1.165) is 10.9 Å². The summed E-state index contributed by atoms with van der Waals surface area (Å²) in [5.41, 5.74) is 1.22. The van der Waals surface area contributed by atoms with Crippen molar-refractivity contribution in [2.75, 3.05) is 19.8 Å². The van der Waals surface area contributed by atoms with Crippen molar-refractivity contribution in [3.05, 3.63) is 62.7 Å². The first kappa shape index (κ1) is 19.0. The highest BCUT2D eigenvalue weighted by molar-refractivity contribution is 9.10. The molecule has 0 radical (unpaired) electrons. The summed E-state index contributed by atoms with van der Waals surface area (Å²) in [7, 11) is 0. The van der Waals surface area contributed by atoms with Gasteiger partial charge in [0.25, 0.3) is 0 Å². The molecule has 2 aromatic carbocycles. The van der Waals surface area contributed by atoms with Crippen molar-refractivity contribution >= 4 is 44.4 Å². The maximum Gasteiger partial charge on any atom is 0.188 e. The molecule has 0 aliphatic heterocycles. The summed E-state index contributed by atoms with van der Waals surface area (Å²) in [6, 6.07) is 6.71. The van der Waals surface area contributed by atoms with E-state index >= 15 is 4.39 Å². The number of rotatable bonds is 7. The molecule has 0 aliphatic carbocycles. The van der Waals surface area contributed by atoms with Crippen molar-refractivity contribution < 1.29 is 23.4 Å². The predicted molar refractivity (Wildman–Crippen MR) is 98.2 cm³/mol. The maximum atomic E-state index is 15.0. The second-order valence-electron chi connectivity index (χ2n) is 5.53. The fourth-order valence-electron chi connectivity index (χ4n) is 2.59. The molecule has 0 fully saturated rings. The molecule has 1 N–H and O–H groups in total. The smallest absolute Gasteiger partial charge is 0.188 e. The Balaban J connectivity index is 2.04. The van der Waals surface area contributed by atoms with Crippen LogP contribution in [0.1, 0.15) is 21.5 Å². The molecule has 3 aromatic rings. The number of nitrogens with zero attached hydrogens (tertiary/aromatic N) is 1. The summed E-state index contributed by atoms with van der Waals surface area (Å²) in [5.74, 6) is -1.04. The SMILES string of the molecule is O=C(COCCO)c1cc2ocnc2c(F)c1Cc1ccc(Br)cc1Cl. The number of benzene rings is 2. The number of Topliss-reactive ketones (excluding diaryl/α,β-unsaturated/α-hetero) is 1. The number of ketones is 1. The van der Waals surface area contributed by atoms with Crippen molar-refractivity contribution in [2.45, 2.75) is 6.42 Å². The van der Waals surface area contributed by atoms with Crippen LogP contribution in [0.3, 0.4) is 0 Å². The molecule has 0 atom stereocenters. The van der Waals surface area contributed by atoms with Crippen molar-refractivity contribution in [1.29, 1.82) is 0 Å². The molecule has 3 rings (SSSR count). The van der Waals surface area contributed by atoms with Gasteiger partial charge in [0.1, 0.15) is 12.1 Å². The largest absolute Gasteiger partial charge is 0.443 e. The summed E-state index contributed by atoms with van der Waals surface area (Å²) in [6.07, 6.45) is 1.24. The van der Waals surface area contributed by atoms with Crippen molar-refractivity contribution in [3.8, 4) is 0 Å². The molecule has 0 bridgehead atoms. The standard InChI is InChI=1S/C18H14BrClFNO4/c19-11-2-1-10(14(20)6-11)5-13-12(15(24)8-25-4-3-23)7-16-18(17(13)21)22-9-26-16/h1-2,6-7,9,23H,3-5,8H2. The second kappa shape index (κ2) is 8.26. The van der Waals surface area contributed by atoms with Gasteiger partial charge >= 0.3 is 0 Å². The van der Waals surface area contributed by atoms with E-state index in [-0.39, 0.29) is 48.5 Å². The Labute approximate surface area is 161 Å². The van der Waals surface area contributed by atoms with Gasteiger partial charge in [-0.3, -0.25) is 4.79 Å². The lowest BCUT2D eigenvalue weighted by molar-refractivity contribution is 0.0663. The Morgan fingerprint density at radius 1 is 1.38 bits per heavy atom. The zero-order valence-corrected chi connectivity index (χ0v) is 15.8. The predicted octanol–water partition coefficient (Wildman–Crippen LogP) is 4.17. The summed E-state index contributed by atoms with van der Waals surface area (Å²) < 4.78 is 26.0. The van der Waals surface area contributed by atoms with Crippen LogP contribution in [0, 0.1) is 5.82 Å². The molecule has 0 saturated heterocycles. The third-order valence-corrected chi connectivity index (χ3v) is 4.66. The number of aliphatic hydroxyl groups is 1. The topological polar surface area (TPSA) is 72.6 Å². The molecule has 0 saturated carbocycles. The molecule has 0 amide bonds. The Morgan fingerprint density at radius 3 is 2.92 bits per heavy atom. The van der Waals surface area contributed by atoms with Gasteiger partial charge in [-0.25, -0.2) is 9.37 Å². The number of oxazole rings is 1. The van der Waals surface area contributed by atoms with E-state index in [9.17, 15) is 4.79 Å². The molecular weight excluding hydrogens is 429 g/mol. The number of ether oxygens (including phenoxy) is 1. The van der Waals surface area contributed by atoms with Gasteiger partial charge in [0.15, 0.2) is 23.6 Å². The molecule has 8 heteroatoms. The molecular formula is C18H14BrClFNO4. The van der Waals surface area contributed by atoms with Crippen LogP contribution in [0.25, 0.3) is 11.1 Å². The summed E-state index contributed by atoms with van der Waals surface area (Å²) in [5, 5.41) is 9.22. The molecule has 0 spiro atoms. The van der Waals surface area contributed by atoms with Crippen LogP contribution in [0.5, 0.6) is 0 Å². The third-order valence-electron chi connectivity index (χ3n) is 3.82. The Bertz CT molecular complexity index is 960. The number of hydrogen-bond donors (Lipinski definition) is 1. The quantitative estimate of drug-likeness (QED) is 0.439. The lowest BCUT2D eigenvalue weighted by Crippen LogP contribution is -2.15. The van der Waals surface area contributed by atoms with E-state index in [0.29, 0.717) is 10.6 Å². The summed E-state index contributed by atoms with van der Waals surface area (Å²) in [4.78, 5) is 16.4. The first-order chi connectivity index (χ1) is 12.5. The molecule has 0 unspecified atom stereocenters. The summed E-state index contributed by atoms with van der Waals surface area (Å²) >= 11 is 9.56. The van der Waals surface area contributed by atoms with Gasteiger partial charge in [0.05, 0.1) is 13.2 Å². The van der Waals surface area contributed by atoms with E-state index in [1.807, 2.05) is 0 Å². The van der Waals surface area contributed by atoms with Crippen molar-refractivity contribution in [1.82, 2.24) is 4.98 Å². The Morgan fingerprint density at radius 2 is 2.19 bits per heavy atom. The number of carbonyl (C=O) groups excluding carboxylic acids is 1. The third kappa shape index (κ3) is 3.96. The lowest BCUT2D eigenvalue weighted by Gasteiger charge is -2.12. The Kier molecular flexibility index (Phi) is 6.03. The van der Waals surface area contributed by atoms with Crippen LogP contribution in [0.15, 0.2) is 39.5 Å². The number of aromatic nitrogens is 1. The van der Waals surface area contributed by atoms with E-state index < -0.39 is 11.6 Å². The van der Waals surface area contributed by atoms with E-state index in [1.54, 1.807) is 18.2 Å². The molecule has 5 nitrogen and oxygen atoms in total. The van der Waals surface area contributed by atoms with E-state index in [2.05, 4.69) is 20.9 Å². The van der Waals surface area contributed by atoms with Gasteiger partial charge in [-0.2, -0.15) is 0 Å². The first-order valence-corrected chi connectivity index (χ1v) is 8.88. The average molecular weight is 443 g/mol. The van der Waals surface area contributed by atoms with Gasteiger partial charge in [0.2, 0.25) is 0 Å². The zero-order chi connectivity index (χ0) is 18.7. The molecule has 136 valence electrons. The fraction of sp³-hybridized carbons (Fsp3) is 0.222. The van der Waals surface area contributed by atoms with E-state index in [1.165, 1.54) is 6.07 Å². The number of hydrogen-bond acceptors (Lipinski definition) is 5. The highest BCUT2D eigenvalue weighted by atomic mass is 79.9. The zero-order valence-electron chi connectivity index (χ0n) is 13.5. The molecule has 1 heterocycles. The van der Waals surface area contributed by atoms with Gasteiger partial charge in [0, 0.05) is 27.0 Å². The highest BCUT2D eigenvalue weighted by Crippen LogP contribution is 2.30. The number of fused-ring (bicyclic) bond motifs is 1. The van der Waals surface area contributed by atoms with Crippen LogP contribution >= 0.6 is 27.5 Å². The average Bonchev–Trinajstić information content (AvgIpc) is 3.08. The molecule has 1 aromatic heterocycles. The van der Waals surface area contributed by atoms with Gasteiger partial charge in [-0.1, -0.05) is 33.6 Å². The lowest BCUT2D eigenvalue weighted by atomic mass is 9.96. The van der Waals surface area contributed by atoms with Gasteiger partial charge in [-0.05, 0) is 23.8 Å². The van der Waals surface area contributed by atoms with Crippen LogP contribution in [-0.2, 0) is 11.2 Å². The minimum absolute atomic E-state index is 0.0205. The monoisotopic (exact) mass is 441 g/mol. The van der Waals surface area contributed by atoms with Crippen molar-refractivity contribution in [3.63, 3.8) is 0 Å². The fourth-order valence-corrected chi connectivity index (χ4v) is 3.33. The number of aliphatic hydroxyl groups excluding tert-OH is 1. The number of halogens is 3. The molecule has 26 heavy (non-hydrogen) atoms. The van der Waals surface area contributed by atoms with Crippen LogP contribution in [-0.4, -0.2) is 35.7 Å². The van der Waals surface area contributed by atoms with Gasteiger partial charge < -0.3 is 14.3 Å². The van der Waals surface area contributed by atoms with Crippen LogP contribution in [0.4, 0.5) is 4.39 Å². The minimum Gasteiger partial charge on any atom is -0.443 e. The first-order valence-electron chi connectivity index (χ1n) is 7.71. The number of carbonyl (C=O) groups is 1. The summed E-state index contributed by atoms with van der Waals surface area (Å²) in [6.45, 7) is -0.461. The molecule has 0 aliphatic rings. The second-order valence-corrected chi connectivity index (χ2v) is 6.85. The van der Waals surface area contributed by atoms with Crippen molar-refractivity contribution in [2.24, 2.45) is 0 Å². The van der Waals surface area contributed by atoms with Crippen LogP contribution < -0.4 is 0 Å². The minimum atomic E-state index is -0.624.